The van der Waals surface area contributed by atoms with Gasteiger partial charge in [0.25, 0.3) is 0 Å². The fraction of sp³-hybridized carbons (Fsp3) is 0.786. The molecular formula is C14H26O2. The van der Waals surface area contributed by atoms with E-state index in [0.29, 0.717) is 17.9 Å². The van der Waals surface area contributed by atoms with E-state index in [1.54, 1.807) is 0 Å². The minimum Gasteiger partial charge on any atom is -0.478 e. The largest absolute Gasteiger partial charge is 0.478 e. The summed E-state index contributed by atoms with van der Waals surface area (Å²) in [5.41, 5.74) is 0.359. The van der Waals surface area contributed by atoms with Gasteiger partial charge in [0, 0.05) is 5.57 Å². The molecule has 0 saturated heterocycles. The Hall–Kier alpha value is -0.790. The van der Waals surface area contributed by atoms with E-state index in [0.717, 1.165) is 6.42 Å². The van der Waals surface area contributed by atoms with E-state index in [-0.39, 0.29) is 0 Å². The molecule has 0 aliphatic rings. The first-order valence-electron chi connectivity index (χ1n) is 6.52. The maximum Gasteiger partial charge on any atom is 0.330 e. The number of unbranched alkanes of at least 4 members (excludes halogenated alkanes) is 2. The van der Waals surface area contributed by atoms with E-state index in [1.807, 2.05) is 0 Å². The number of carboxylic acids is 1. The van der Waals surface area contributed by atoms with Crippen molar-refractivity contribution in [3.05, 3.63) is 12.2 Å². The molecule has 0 aromatic rings. The number of aliphatic carboxylic acids is 1. The molecule has 0 aliphatic heterocycles. The summed E-state index contributed by atoms with van der Waals surface area (Å²) in [6, 6.07) is 0. The summed E-state index contributed by atoms with van der Waals surface area (Å²) in [7, 11) is 0. The van der Waals surface area contributed by atoms with Crippen LogP contribution in [0, 0.1) is 5.92 Å². The summed E-state index contributed by atoms with van der Waals surface area (Å²) in [5, 5.41) is 8.75. The molecule has 0 amide bonds. The Labute approximate surface area is 99.7 Å². The van der Waals surface area contributed by atoms with E-state index in [9.17, 15) is 4.79 Å². The number of carboxylic acid groups (broad SMARTS) is 1. The molecule has 2 heteroatoms. The third-order valence-electron chi connectivity index (χ3n) is 3.09. The Balaban J connectivity index is 3.89. The fourth-order valence-electron chi connectivity index (χ4n) is 1.90. The number of carbonyl (C=O) groups is 1. The van der Waals surface area contributed by atoms with E-state index in [2.05, 4.69) is 20.4 Å². The Morgan fingerprint density at radius 3 is 2.00 bits per heavy atom. The molecule has 2 nitrogen and oxygen atoms in total. The zero-order chi connectivity index (χ0) is 12.4. The summed E-state index contributed by atoms with van der Waals surface area (Å²) < 4.78 is 0. The second-order valence-corrected chi connectivity index (χ2v) is 4.60. The van der Waals surface area contributed by atoms with Crippen LogP contribution >= 0.6 is 0 Å². The molecule has 0 atom stereocenters. The first kappa shape index (κ1) is 15.2. The van der Waals surface area contributed by atoms with Crippen molar-refractivity contribution in [3.8, 4) is 0 Å². The quantitative estimate of drug-likeness (QED) is 0.560. The highest BCUT2D eigenvalue weighted by Gasteiger charge is 2.11. The van der Waals surface area contributed by atoms with Crippen molar-refractivity contribution >= 4 is 5.97 Å². The van der Waals surface area contributed by atoms with Crippen molar-refractivity contribution in [2.75, 3.05) is 0 Å². The van der Waals surface area contributed by atoms with Gasteiger partial charge in [0.2, 0.25) is 0 Å². The molecule has 1 N–H and O–H groups in total. The third-order valence-corrected chi connectivity index (χ3v) is 3.09. The van der Waals surface area contributed by atoms with Crippen LogP contribution in [0.25, 0.3) is 0 Å². The zero-order valence-electron chi connectivity index (χ0n) is 10.8. The van der Waals surface area contributed by atoms with Crippen LogP contribution in [0.15, 0.2) is 12.2 Å². The van der Waals surface area contributed by atoms with Gasteiger partial charge < -0.3 is 5.11 Å². The molecule has 0 aliphatic carbocycles. The Kier molecular flexibility index (Phi) is 8.97. The van der Waals surface area contributed by atoms with Gasteiger partial charge in [-0.05, 0) is 18.8 Å². The summed E-state index contributed by atoms with van der Waals surface area (Å²) in [6.45, 7) is 7.99. The number of hydrogen-bond donors (Lipinski definition) is 1. The van der Waals surface area contributed by atoms with Gasteiger partial charge in [0.15, 0.2) is 0 Å². The molecular weight excluding hydrogens is 200 g/mol. The lowest BCUT2D eigenvalue weighted by Crippen LogP contribution is -2.05. The van der Waals surface area contributed by atoms with E-state index in [4.69, 9.17) is 5.11 Å². The summed E-state index contributed by atoms with van der Waals surface area (Å²) in [5.74, 6) is -0.152. The highest BCUT2D eigenvalue weighted by molar-refractivity contribution is 5.85. The van der Waals surface area contributed by atoms with Gasteiger partial charge in [-0.2, -0.15) is 0 Å². The van der Waals surface area contributed by atoms with E-state index in [1.165, 1.54) is 38.5 Å². The van der Waals surface area contributed by atoms with Crippen molar-refractivity contribution in [2.45, 2.75) is 65.2 Å². The average molecular weight is 226 g/mol. The van der Waals surface area contributed by atoms with Crippen LogP contribution in [0.3, 0.4) is 0 Å². The maximum absolute atomic E-state index is 10.6. The van der Waals surface area contributed by atoms with Gasteiger partial charge in [0.1, 0.15) is 0 Å². The van der Waals surface area contributed by atoms with Crippen molar-refractivity contribution in [2.24, 2.45) is 5.92 Å². The van der Waals surface area contributed by atoms with Gasteiger partial charge in [-0.3, -0.25) is 0 Å². The number of hydrogen-bond acceptors (Lipinski definition) is 1. The molecule has 0 fully saturated rings. The van der Waals surface area contributed by atoms with Crippen LogP contribution in [-0.4, -0.2) is 11.1 Å². The smallest absolute Gasteiger partial charge is 0.330 e. The topological polar surface area (TPSA) is 37.3 Å². The molecule has 0 radical (unpaired) electrons. The molecule has 0 spiro atoms. The lowest BCUT2D eigenvalue weighted by Gasteiger charge is -2.16. The SMILES string of the molecule is C=C(CCC(CCCC)CCCC)C(=O)O. The van der Waals surface area contributed by atoms with Crippen molar-refractivity contribution < 1.29 is 9.90 Å². The first-order chi connectivity index (χ1) is 7.61. The van der Waals surface area contributed by atoms with Crippen LogP contribution in [0.1, 0.15) is 65.2 Å². The summed E-state index contributed by atoms with van der Waals surface area (Å²) >= 11 is 0. The average Bonchev–Trinajstić information content (AvgIpc) is 2.27. The minimum absolute atomic E-state index is 0.359. The molecule has 0 bridgehead atoms. The molecule has 0 saturated carbocycles. The molecule has 0 aromatic carbocycles. The minimum atomic E-state index is -0.843. The van der Waals surface area contributed by atoms with Gasteiger partial charge in [-0.25, -0.2) is 4.79 Å². The van der Waals surface area contributed by atoms with Gasteiger partial charge >= 0.3 is 5.97 Å². The molecule has 94 valence electrons. The second kappa shape index (κ2) is 9.44. The highest BCUT2D eigenvalue weighted by atomic mass is 16.4. The predicted molar refractivity (Wildman–Crippen MR) is 68.5 cm³/mol. The molecule has 0 unspecified atom stereocenters. The standard InChI is InChI=1S/C14H26O2/c1-4-6-8-13(9-7-5-2)11-10-12(3)14(15)16/h13H,3-11H2,1-2H3,(H,15,16). The second-order valence-electron chi connectivity index (χ2n) is 4.60. The van der Waals surface area contributed by atoms with Crippen LogP contribution in [-0.2, 0) is 4.79 Å². The summed E-state index contributed by atoms with van der Waals surface area (Å²) in [6.07, 6.45) is 9.08. The van der Waals surface area contributed by atoms with Gasteiger partial charge in [-0.15, -0.1) is 0 Å². The van der Waals surface area contributed by atoms with E-state index < -0.39 is 5.97 Å². The van der Waals surface area contributed by atoms with Crippen molar-refractivity contribution in [1.82, 2.24) is 0 Å². The molecule has 0 rings (SSSR count). The molecule has 0 aromatic heterocycles. The van der Waals surface area contributed by atoms with Crippen LogP contribution < -0.4 is 0 Å². The molecule has 0 heterocycles. The maximum atomic E-state index is 10.6. The normalized spacial score (nSPS) is 10.7. The zero-order valence-corrected chi connectivity index (χ0v) is 10.8. The monoisotopic (exact) mass is 226 g/mol. The van der Waals surface area contributed by atoms with Gasteiger partial charge in [-0.1, -0.05) is 59.0 Å². The first-order valence-corrected chi connectivity index (χ1v) is 6.52. The Bertz CT molecular complexity index is 201. The van der Waals surface area contributed by atoms with E-state index >= 15 is 0 Å². The fourth-order valence-corrected chi connectivity index (χ4v) is 1.90. The third kappa shape index (κ3) is 7.49. The van der Waals surface area contributed by atoms with Crippen LogP contribution in [0.4, 0.5) is 0 Å². The van der Waals surface area contributed by atoms with Crippen molar-refractivity contribution in [3.63, 3.8) is 0 Å². The predicted octanol–water partition coefficient (Wildman–Crippen LogP) is 4.40. The van der Waals surface area contributed by atoms with Gasteiger partial charge in [0.05, 0.1) is 0 Å². The molecule has 16 heavy (non-hydrogen) atoms. The Morgan fingerprint density at radius 1 is 1.12 bits per heavy atom. The highest BCUT2D eigenvalue weighted by Crippen LogP contribution is 2.23. The van der Waals surface area contributed by atoms with Crippen LogP contribution in [0.2, 0.25) is 0 Å². The number of rotatable bonds is 10. The van der Waals surface area contributed by atoms with Crippen LogP contribution in [0.5, 0.6) is 0 Å². The summed E-state index contributed by atoms with van der Waals surface area (Å²) in [4.78, 5) is 10.6. The Morgan fingerprint density at radius 2 is 1.62 bits per heavy atom. The lowest BCUT2D eigenvalue weighted by molar-refractivity contribution is -0.132. The van der Waals surface area contributed by atoms with Crippen molar-refractivity contribution in [1.29, 1.82) is 0 Å². The lowest BCUT2D eigenvalue weighted by atomic mass is 9.90.